The Morgan fingerprint density at radius 1 is 1.00 bits per heavy atom. The van der Waals surface area contributed by atoms with Gasteiger partial charge >= 0.3 is 0 Å². The molecule has 3 fully saturated rings. The Morgan fingerprint density at radius 3 is 2.46 bits per heavy atom. The normalized spacial score (nSPS) is 31.4. The minimum atomic E-state index is -1.24. The first-order valence-electron chi connectivity index (χ1n) is 13.5. The molecule has 9 heteroatoms. The van der Waals surface area contributed by atoms with E-state index in [1.165, 1.54) is 6.42 Å². The van der Waals surface area contributed by atoms with Crippen LogP contribution < -0.4 is 10.6 Å². The summed E-state index contributed by atoms with van der Waals surface area (Å²) >= 11 is 12.2. The summed E-state index contributed by atoms with van der Waals surface area (Å²) in [7, 11) is 0. The number of anilines is 1. The Balaban J connectivity index is 1.35. The molecule has 7 nitrogen and oxygen atoms in total. The molecule has 0 unspecified atom stereocenters. The standard InChI is InChI=1S/C30H31Cl2N3O4/c1-29-14-15-30(39-29)24(23(29)26(36)34-20-12-13-21(31)22(32)16-20)28(38)35(17-18-8-4-2-5-9-18)25(30)27(37)33-19-10-6-3-7-11-19/h2,4-5,8-9,12-16,19,23-25H,3,6-7,10-11,17H2,1H3,(H,33,37)(H,34,36)/t23-,24-,25-,29-,30+/m1/s1. The Bertz CT molecular complexity index is 1340. The van der Waals surface area contributed by atoms with E-state index in [4.69, 9.17) is 27.9 Å². The van der Waals surface area contributed by atoms with E-state index in [1.54, 1.807) is 30.0 Å². The lowest BCUT2D eigenvalue weighted by Gasteiger charge is -2.34. The lowest BCUT2D eigenvalue weighted by atomic mass is 9.70. The number of nitrogens with one attached hydrogen (secondary N) is 2. The van der Waals surface area contributed by atoms with Crippen LogP contribution >= 0.6 is 23.2 Å². The minimum Gasteiger partial charge on any atom is -0.356 e. The third-order valence-electron chi connectivity index (χ3n) is 8.66. The van der Waals surface area contributed by atoms with Gasteiger partial charge in [-0.15, -0.1) is 0 Å². The fourth-order valence-electron chi connectivity index (χ4n) is 6.90. The van der Waals surface area contributed by atoms with Crippen molar-refractivity contribution in [2.45, 2.75) is 68.9 Å². The lowest BCUT2D eigenvalue weighted by Crippen LogP contribution is -2.56. The third kappa shape index (κ3) is 4.45. The second kappa shape index (κ2) is 9.95. The lowest BCUT2D eigenvalue weighted by molar-refractivity contribution is -0.145. The highest BCUT2D eigenvalue weighted by atomic mass is 35.5. The van der Waals surface area contributed by atoms with E-state index < -0.39 is 29.1 Å². The summed E-state index contributed by atoms with van der Waals surface area (Å²) in [4.78, 5) is 43.6. The number of benzene rings is 2. The van der Waals surface area contributed by atoms with Crippen molar-refractivity contribution in [1.82, 2.24) is 10.2 Å². The second-order valence-corrected chi connectivity index (χ2v) is 12.1. The number of halogens is 2. The molecule has 0 radical (unpaired) electrons. The summed E-state index contributed by atoms with van der Waals surface area (Å²) in [6.07, 6.45) is 8.83. The summed E-state index contributed by atoms with van der Waals surface area (Å²) < 4.78 is 6.60. The molecule has 39 heavy (non-hydrogen) atoms. The summed E-state index contributed by atoms with van der Waals surface area (Å²) in [5, 5.41) is 6.81. The van der Waals surface area contributed by atoms with Gasteiger partial charge in [0.25, 0.3) is 0 Å². The summed E-state index contributed by atoms with van der Waals surface area (Å²) in [5.74, 6) is -2.54. The molecule has 1 saturated carbocycles. The van der Waals surface area contributed by atoms with Gasteiger partial charge in [0, 0.05) is 18.3 Å². The van der Waals surface area contributed by atoms with Crippen LogP contribution in [0.5, 0.6) is 0 Å². The molecule has 0 aromatic heterocycles. The van der Waals surface area contributed by atoms with E-state index in [2.05, 4.69) is 10.6 Å². The van der Waals surface area contributed by atoms with E-state index in [0.717, 1.165) is 31.2 Å². The van der Waals surface area contributed by atoms with Gasteiger partial charge in [0.05, 0.1) is 27.5 Å². The van der Waals surface area contributed by atoms with E-state index in [-0.39, 0.29) is 30.3 Å². The zero-order chi connectivity index (χ0) is 27.4. The number of amides is 3. The molecule has 1 spiro atoms. The van der Waals surface area contributed by atoms with Crippen molar-refractivity contribution in [3.05, 3.63) is 76.3 Å². The van der Waals surface area contributed by atoms with E-state index in [1.807, 2.05) is 42.5 Å². The molecular formula is C30H31Cl2N3O4. The largest absolute Gasteiger partial charge is 0.356 e. The molecule has 6 rings (SSSR count). The second-order valence-electron chi connectivity index (χ2n) is 11.2. The molecule has 2 N–H and O–H groups in total. The van der Waals surface area contributed by atoms with Crippen LogP contribution in [-0.4, -0.2) is 45.9 Å². The maximum Gasteiger partial charge on any atom is 0.246 e. The minimum absolute atomic E-state index is 0.0716. The predicted octanol–water partition coefficient (Wildman–Crippen LogP) is 5.12. The third-order valence-corrected chi connectivity index (χ3v) is 9.40. The average Bonchev–Trinajstić information content (AvgIpc) is 3.48. The number of ether oxygens (including phenoxy) is 1. The van der Waals surface area contributed by atoms with Crippen molar-refractivity contribution in [2.24, 2.45) is 11.8 Å². The van der Waals surface area contributed by atoms with Crippen molar-refractivity contribution in [3.63, 3.8) is 0 Å². The quantitative estimate of drug-likeness (QED) is 0.474. The highest BCUT2D eigenvalue weighted by molar-refractivity contribution is 6.42. The van der Waals surface area contributed by atoms with Gasteiger partial charge in [0.1, 0.15) is 11.6 Å². The number of carbonyl (C=O) groups is 3. The molecule has 5 atom stereocenters. The number of hydrogen-bond donors (Lipinski definition) is 2. The first-order valence-corrected chi connectivity index (χ1v) is 14.3. The highest BCUT2D eigenvalue weighted by Crippen LogP contribution is 2.60. The Kier molecular flexibility index (Phi) is 6.72. The maximum absolute atomic E-state index is 14.2. The zero-order valence-corrected chi connectivity index (χ0v) is 23.2. The molecule has 2 aromatic rings. The molecule has 4 aliphatic rings. The average molecular weight is 569 g/mol. The van der Waals surface area contributed by atoms with Crippen LogP contribution in [-0.2, 0) is 25.7 Å². The van der Waals surface area contributed by atoms with Gasteiger partial charge < -0.3 is 20.3 Å². The van der Waals surface area contributed by atoms with Gasteiger partial charge in [0.2, 0.25) is 17.7 Å². The molecule has 1 aliphatic carbocycles. The molecule has 204 valence electrons. The molecule has 2 saturated heterocycles. The first-order chi connectivity index (χ1) is 18.7. The van der Waals surface area contributed by atoms with Crippen LogP contribution in [0.3, 0.4) is 0 Å². The van der Waals surface area contributed by atoms with Gasteiger partial charge in [-0.2, -0.15) is 0 Å². The molecule has 2 aromatic carbocycles. The van der Waals surface area contributed by atoms with Crippen LogP contribution in [0.25, 0.3) is 0 Å². The summed E-state index contributed by atoms with van der Waals surface area (Å²) in [5.41, 5.74) is -0.904. The van der Waals surface area contributed by atoms with Crippen molar-refractivity contribution >= 4 is 46.6 Å². The number of rotatable bonds is 6. The van der Waals surface area contributed by atoms with Gasteiger partial charge in [-0.25, -0.2) is 0 Å². The fraction of sp³-hybridized carbons (Fsp3) is 0.433. The highest BCUT2D eigenvalue weighted by Gasteiger charge is 2.76. The van der Waals surface area contributed by atoms with E-state index in [9.17, 15) is 14.4 Å². The van der Waals surface area contributed by atoms with Crippen LogP contribution in [0.4, 0.5) is 5.69 Å². The van der Waals surface area contributed by atoms with Crippen LogP contribution in [0.2, 0.25) is 10.0 Å². The van der Waals surface area contributed by atoms with Gasteiger partial charge in [-0.3, -0.25) is 14.4 Å². The van der Waals surface area contributed by atoms with Gasteiger partial charge in [-0.1, -0.05) is 84.9 Å². The Labute approximate surface area is 237 Å². The van der Waals surface area contributed by atoms with E-state index in [0.29, 0.717) is 15.7 Å². The van der Waals surface area contributed by atoms with Crippen molar-refractivity contribution in [1.29, 1.82) is 0 Å². The predicted molar refractivity (Wildman–Crippen MR) is 149 cm³/mol. The molecule has 3 heterocycles. The Hall–Kier alpha value is -2.87. The SMILES string of the molecule is C[C@]12C=C[C@]3(O1)[C@@H](C(=O)N(Cc1ccccc1)[C@@H]3C(=O)NC1CCCCC1)[C@@H]2C(=O)Nc1ccc(Cl)c(Cl)c1. The summed E-state index contributed by atoms with van der Waals surface area (Å²) in [6, 6.07) is 13.6. The first kappa shape index (κ1) is 26.4. The monoisotopic (exact) mass is 567 g/mol. The topological polar surface area (TPSA) is 87.7 Å². The smallest absolute Gasteiger partial charge is 0.246 e. The number of nitrogens with zero attached hydrogens (tertiary/aromatic N) is 1. The molecular weight excluding hydrogens is 537 g/mol. The van der Waals surface area contributed by atoms with Gasteiger partial charge in [0.15, 0.2) is 0 Å². The maximum atomic E-state index is 14.2. The number of fused-ring (bicyclic) bond motifs is 1. The molecule has 2 bridgehead atoms. The molecule has 3 aliphatic heterocycles. The van der Waals surface area contributed by atoms with Crippen molar-refractivity contribution < 1.29 is 19.1 Å². The number of hydrogen-bond acceptors (Lipinski definition) is 4. The molecule has 3 amide bonds. The fourth-order valence-corrected chi connectivity index (χ4v) is 7.20. The van der Waals surface area contributed by atoms with Crippen LogP contribution in [0, 0.1) is 11.8 Å². The summed E-state index contributed by atoms with van der Waals surface area (Å²) in [6.45, 7) is 2.05. The van der Waals surface area contributed by atoms with Crippen LogP contribution in [0.1, 0.15) is 44.6 Å². The van der Waals surface area contributed by atoms with Crippen molar-refractivity contribution in [2.75, 3.05) is 5.32 Å². The van der Waals surface area contributed by atoms with Gasteiger partial charge in [-0.05, 0) is 43.5 Å². The zero-order valence-electron chi connectivity index (χ0n) is 21.7. The van der Waals surface area contributed by atoms with E-state index >= 15 is 0 Å². The number of carbonyl (C=O) groups excluding carboxylic acids is 3. The van der Waals surface area contributed by atoms with Crippen LogP contribution in [0.15, 0.2) is 60.7 Å². The number of likely N-dealkylation sites (tertiary alicyclic amines) is 1. The van der Waals surface area contributed by atoms with Crippen molar-refractivity contribution in [3.8, 4) is 0 Å². The Morgan fingerprint density at radius 2 is 1.74 bits per heavy atom.